The highest BCUT2D eigenvalue weighted by Crippen LogP contribution is 1.88. The van der Waals surface area contributed by atoms with Gasteiger partial charge in [0.15, 0.2) is 0 Å². The highest BCUT2D eigenvalue weighted by Gasteiger charge is 1.89. The Morgan fingerprint density at radius 1 is 1.71 bits per heavy atom. The first-order valence-electron chi connectivity index (χ1n) is 2.64. The SMILES string of the molecule is CCCCC(N)=[NH2+]. The van der Waals surface area contributed by atoms with Crippen LogP contribution >= 0.6 is 0 Å². The highest BCUT2D eigenvalue weighted by atomic mass is 14.7. The van der Waals surface area contributed by atoms with Gasteiger partial charge in [-0.2, -0.15) is 0 Å². The fraction of sp³-hybridized carbons (Fsp3) is 0.800. The highest BCUT2D eigenvalue weighted by molar-refractivity contribution is 5.73. The summed E-state index contributed by atoms with van der Waals surface area (Å²) in [6.45, 7) is 2.11. The Morgan fingerprint density at radius 3 is 2.43 bits per heavy atom. The van der Waals surface area contributed by atoms with Crippen LogP contribution in [0.1, 0.15) is 26.2 Å². The topological polar surface area (TPSA) is 51.6 Å². The van der Waals surface area contributed by atoms with E-state index in [0.29, 0.717) is 5.84 Å². The summed E-state index contributed by atoms with van der Waals surface area (Å²) in [5.41, 5.74) is 5.17. The van der Waals surface area contributed by atoms with Crippen molar-refractivity contribution in [2.45, 2.75) is 26.2 Å². The molecule has 0 bridgehead atoms. The maximum Gasteiger partial charge on any atom is 0.238 e. The number of hydrogen-bond acceptors (Lipinski definition) is 0. The zero-order valence-electron chi connectivity index (χ0n) is 4.78. The maximum atomic E-state index is 5.17. The summed E-state index contributed by atoms with van der Waals surface area (Å²) < 4.78 is 0. The molecule has 0 aliphatic rings. The van der Waals surface area contributed by atoms with Crippen LogP contribution in [0, 0.1) is 0 Å². The molecule has 0 unspecified atom stereocenters. The molecule has 42 valence electrons. The predicted octanol–water partition coefficient (Wildman–Crippen LogP) is -0.707. The summed E-state index contributed by atoms with van der Waals surface area (Å²) in [4.78, 5) is 0. The average molecular weight is 101 g/mol. The van der Waals surface area contributed by atoms with Crippen molar-refractivity contribution in [1.29, 1.82) is 0 Å². The number of rotatable bonds is 3. The van der Waals surface area contributed by atoms with E-state index in [1.54, 1.807) is 0 Å². The molecule has 0 amide bonds. The zero-order chi connectivity index (χ0) is 5.70. The van der Waals surface area contributed by atoms with Gasteiger partial charge in [-0.3, -0.25) is 11.1 Å². The van der Waals surface area contributed by atoms with E-state index in [1.807, 2.05) is 0 Å². The zero-order valence-corrected chi connectivity index (χ0v) is 4.78. The van der Waals surface area contributed by atoms with E-state index in [4.69, 9.17) is 11.1 Å². The molecule has 0 saturated heterocycles. The van der Waals surface area contributed by atoms with Crippen LogP contribution in [0.3, 0.4) is 0 Å². The smallest absolute Gasteiger partial charge is 0.238 e. The Morgan fingerprint density at radius 2 is 2.29 bits per heavy atom. The van der Waals surface area contributed by atoms with Gasteiger partial charge in [0.2, 0.25) is 5.84 Å². The minimum atomic E-state index is 0.557. The van der Waals surface area contributed by atoms with Gasteiger partial charge < -0.3 is 0 Å². The van der Waals surface area contributed by atoms with Crippen LogP contribution in [0.15, 0.2) is 0 Å². The molecule has 0 saturated carbocycles. The molecule has 2 heteroatoms. The second kappa shape index (κ2) is 3.65. The molecule has 0 radical (unpaired) electrons. The van der Waals surface area contributed by atoms with Crippen LogP contribution in [0.5, 0.6) is 0 Å². The number of amidine groups is 1. The minimum Gasteiger partial charge on any atom is -0.291 e. The molecule has 0 rings (SSSR count). The normalized spacial score (nSPS) is 8.71. The van der Waals surface area contributed by atoms with Crippen molar-refractivity contribution < 1.29 is 5.41 Å². The molecule has 0 atom stereocenters. The van der Waals surface area contributed by atoms with E-state index < -0.39 is 0 Å². The van der Waals surface area contributed by atoms with Gasteiger partial charge in [-0.15, -0.1) is 0 Å². The summed E-state index contributed by atoms with van der Waals surface area (Å²) in [5, 5.41) is 5.17. The molecule has 7 heavy (non-hydrogen) atoms. The van der Waals surface area contributed by atoms with Crippen LogP contribution in [0.4, 0.5) is 0 Å². The van der Waals surface area contributed by atoms with E-state index >= 15 is 0 Å². The molecular formula is C5H13N2+. The van der Waals surface area contributed by atoms with Crippen molar-refractivity contribution in [3.8, 4) is 0 Å². The van der Waals surface area contributed by atoms with Crippen LogP contribution in [-0.4, -0.2) is 5.84 Å². The summed E-state index contributed by atoms with van der Waals surface area (Å²) in [5.74, 6) is 0.557. The lowest BCUT2D eigenvalue weighted by Crippen LogP contribution is -2.45. The lowest BCUT2D eigenvalue weighted by atomic mass is 10.2. The average Bonchev–Trinajstić information content (AvgIpc) is 1.61. The monoisotopic (exact) mass is 101 g/mol. The third-order valence-electron chi connectivity index (χ3n) is 0.819. The van der Waals surface area contributed by atoms with Crippen LogP contribution in [-0.2, 0) is 0 Å². The number of unbranched alkanes of at least 4 members (excludes halogenated alkanes) is 1. The molecule has 0 fully saturated rings. The standard InChI is InChI=1S/C5H12N2/c1-2-3-4-5(6)7/h2-4H2,1H3,(H3,6,7)/p+1. The van der Waals surface area contributed by atoms with Crippen molar-refractivity contribution >= 4 is 5.84 Å². The van der Waals surface area contributed by atoms with Crippen molar-refractivity contribution in [1.82, 2.24) is 0 Å². The Labute approximate surface area is 44.2 Å². The summed E-state index contributed by atoms with van der Waals surface area (Å²) in [7, 11) is 0. The van der Waals surface area contributed by atoms with Gasteiger partial charge in [0.1, 0.15) is 0 Å². The largest absolute Gasteiger partial charge is 0.291 e. The summed E-state index contributed by atoms with van der Waals surface area (Å²) in [6.07, 6.45) is 3.15. The Kier molecular flexibility index (Phi) is 3.38. The molecule has 2 nitrogen and oxygen atoms in total. The van der Waals surface area contributed by atoms with Gasteiger partial charge in [-0.1, -0.05) is 13.3 Å². The first-order chi connectivity index (χ1) is 3.27. The van der Waals surface area contributed by atoms with Crippen molar-refractivity contribution in [3.63, 3.8) is 0 Å². The van der Waals surface area contributed by atoms with Crippen LogP contribution in [0.25, 0.3) is 0 Å². The lowest BCUT2D eigenvalue weighted by molar-refractivity contribution is -0.118. The van der Waals surface area contributed by atoms with Gasteiger partial charge in [0.05, 0.1) is 0 Å². The second-order valence-corrected chi connectivity index (χ2v) is 1.68. The minimum absolute atomic E-state index is 0.557. The third kappa shape index (κ3) is 5.47. The second-order valence-electron chi connectivity index (χ2n) is 1.68. The van der Waals surface area contributed by atoms with Crippen LogP contribution in [0.2, 0.25) is 0 Å². The molecule has 0 aliphatic heterocycles. The van der Waals surface area contributed by atoms with Crippen LogP contribution < -0.4 is 11.1 Å². The van der Waals surface area contributed by atoms with Gasteiger partial charge in [0, 0.05) is 6.42 Å². The fourth-order valence-corrected chi connectivity index (χ4v) is 0.381. The van der Waals surface area contributed by atoms with E-state index in [9.17, 15) is 0 Å². The molecule has 4 N–H and O–H groups in total. The molecular weight excluding hydrogens is 88.1 g/mol. The first-order valence-corrected chi connectivity index (χ1v) is 2.64. The maximum absolute atomic E-state index is 5.17. The van der Waals surface area contributed by atoms with Gasteiger partial charge >= 0.3 is 0 Å². The predicted molar refractivity (Wildman–Crippen MR) is 30.6 cm³/mol. The van der Waals surface area contributed by atoms with Crippen molar-refractivity contribution in [2.75, 3.05) is 0 Å². The molecule has 0 aromatic rings. The van der Waals surface area contributed by atoms with Crippen molar-refractivity contribution in [3.05, 3.63) is 0 Å². The van der Waals surface area contributed by atoms with Gasteiger partial charge in [-0.25, -0.2) is 0 Å². The van der Waals surface area contributed by atoms with E-state index in [1.165, 1.54) is 0 Å². The van der Waals surface area contributed by atoms with Gasteiger partial charge in [-0.05, 0) is 6.42 Å². The lowest BCUT2D eigenvalue weighted by Gasteiger charge is -1.85. The Hall–Kier alpha value is -0.530. The summed E-state index contributed by atoms with van der Waals surface area (Å²) >= 11 is 0. The third-order valence-corrected chi connectivity index (χ3v) is 0.819. The molecule has 0 aromatic carbocycles. The summed E-state index contributed by atoms with van der Waals surface area (Å²) in [6, 6.07) is 0. The quantitative estimate of drug-likeness (QED) is 0.358. The fourth-order valence-electron chi connectivity index (χ4n) is 0.381. The Bertz CT molecular complexity index is 59.1. The molecule has 0 aliphatic carbocycles. The van der Waals surface area contributed by atoms with E-state index in [0.717, 1.165) is 19.3 Å². The molecule has 0 spiro atoms. The van der Waals surface area contributed by atoms with E-state index in [2.05, 4.69) is 6.92 Å². The molecule has 0 heterocycles. The first kappa shape index (κ1) is 6.47. The van der Waals surface area contributed by atoms with Gasteiger partial charge in [0.25, 0.3) is 0 Å². The van der Waals surface area contributed by atoms with Crippen molar-refractivity contribution in [2.24, 2.45) is 5.73 Å². The van der Waals surface area contributed by atoms with E-state index in [-0.39, 0.29) is 0 Å². The number of hydrogen-bond donors (Lipinski definition) is 2. The molecule has 0 aromatic heterocycles. The Balaban J connectivity index is 2.82. The number of nitrogens with two attached hydrogens (primary N) is 2.